The van der Waals surface area contributed by atoms with Crippen molar-refractivity contribution in [1.82, 2.24) is 0 Å². The second-order valence-electron chi connectivity index (χ2n) is 7.52. The van der Waals surface area contributed by atoms with E-state index in [1.54, 1.807) is 6.08 Å². The van der Waals surface area contributed by atoms with Gasteiger partial charge in [0.15, 0.2) is 5.60 Å². The van der Waals surface area contributed by atoms with Crippen LogP contribution in [0.5, 0.6) is 0 Å². The molecule has 150 valence electrons. The number of alkyl halides is 1. The van der Waals surface area contributed by atoms with Gasteiger partial charge in [-0.2, -0.15) is 0 Å². The Hall–Kier alpha value is -1.23. The first kappa shape index (κ1) is 22.8. The average molecular weight is 371 g/mol. The van der Waals surface area contributed by atoms with Crippen molar-refractivity contribution in [3.8, 4) is 0 Å². The zero-order chi connectivity index (χ0) is 19.6. The predicted molar refractivity (Wildman–Crippen MR) is 101 cm³/mol. The van der Waals surface area contributed by atoms with Crippen LogP contribution in [-0.4, -0.2) is 33.7 Å². The van der Waals surface area contributed by atoms with Crippen LogP contribution in [0.4, 0.5) is 4.39 Å². The number of unbranched alkanes of at least 4 members (excludes halogenated alkanes) is 1. The lowest BCUT2D eigenvalue weighted by Gasteiger charge is -2.36. The Bertz CT molecular complexity index is 471. The van der Waals surface area contributed by atoms with Crippen LogP contribution in [-0.2, 0) is 9.59 Å². The molecule has 0 aromatic carbocycles. The van der Waals surface area contributed by atoms with E-state index in [0.717, 1.165) is 32.1 Å². The van der Waals surface area contributed by atoms with Crippen molar-refractivity contribution in [1.29, 1.82) is 0 Å². The number of carbonyl (C=O) groups excluding carboxylic acids is 1. The topological polar surface area (TPSA) is 74.6 Å². The van der Waals surface area contributed by atoms with E-state index in [9.17, 15) is 24.2 Å². The molecule has 0 radical (unpaired) electrons. The summed E-state index contributed by atoms with van der Waals surface area (Å²) in [6, 6.07) is 0. The number of Topliss-reactive ketones (excluding diaryl/α,β-unsaturated/α-hetero) is 1. The number of carboxylic acid groups (broad SMARTS) is 1. The minimum Gasteiger partial charge on any atom is -0.479 e. The van der Waals surface area contributed by atoms with Gasteiger partial charge in [-0.25, -0.2) is 9.18 Å². The van der Waals surface area contributed by atoms with Crippen LogP contribution in [0.2, 0.25) is 0 Å². The van der Waals surface area contributed by atoms with Crippen LogP contribution in [0.3, 0.4) is 0 Å². The first-order valence-corrected chi connectivity index (χ1v) is 10.1. The van der Waals surface area contributed by atoms with E-state index in [1.807, 2.05) is 19.9 Å². The van der Waals surface area contributed by atoms with Gasteiger partial charge in [-0.1, -0.05) is 51.7 Å². The molecule has 1 unspecified atom stereocenters. The fourth-order valence-electron chi connectivity index (χ4n) is 3.97. The molecule has 0 spiro atoms. The Morgan fingerprint density at radius 2 is 1.85 bits per heavy atom. The Morgan fingerprint density at radius 3 is 2.38 bits per heavy atom. The van der Waals surface area contributed by atoms with E-state index in [0.29, 0.717) is 19.3 Å². The average Bonchev–Trinajstić information content (AvgIpc) is 3.16. The summed E-state index contributed by atoms with van der Waals surface area (Å²) in [4.78, 5) is 24.8. The molecular formula is C21H35FO4. The van der Waals surface area contributed by atoms with Crippen molar-refractivity contribution < 1.29 is 24.2 Å². The van der Waals surface area contributed by atoms with E-state index in [-0.39, 0.29) is 25.0 Å². The molecule has 1 aliphatic carbocycles. The summed E-state index contributed by atoms with van der Waals surface area (Å²) in [7, 11) is 0. The highest BCUT2D eigenvalue weighted by molar-refractivity contribution is 5.90. The second kappa shape index (κ2) is 11.5. The van der Waals surface area contributed by atoms with Crippen LogP contribution < -0.4 is 0 Å². The van der Waals surface area contributed by atoms with Crippen LogP contribution >= 0.6 is 0 Å². The monoisotopic (exact) mass is 370 g/mol. The van der Waals surface area contributed by atoms with Crippen molar-refractivity contribution in [2.45, 2.75) is 96.2 Å². The molecule has 0 heterocycles. The van der Waals surface area contributed by atoms with Crippen LogP contribution in [0, 0.1) is 11.8 Å². The zero-order valence-electron chi connectivity index (χ0n) is 16.3. The number of ketones is 1. The van der Waals surface area contributed by atoms with Crippen molar-refractivity contribution in [3.63, 3.8) is 0 Å². The summed E-state index contributed by atoms with van der Waals surface area (Å²) < 4.78 is 13.9. The molecule has 0 aromatic heterocycles. The maximum absolute atomic E-state index is 13.9. The van der Waals surface area contributed by atoms with Gasteiger partial charge in [0.05, 0.1) is 5.92 Å². The number of hydrogen-bond acceptors (Lipinski definition) is 3. The van der Waals surface area contributed by atoms with E-state index < -0.39 is 29.6 Å². The standard InChI is InChI=1S/C21H35FO4/c1-3-5-7-13-18(19(23)15-14-17(22)12-6-4-2)21(26,20(24)25)16-10-8-9-11-16/h5,7,16-18,26H,3-4,6,8-15H2,1-2H3,(H,24,25)/t17?,18-,21+/m0/s1. The fourth-order valence-corrected chi connectivity index (χ4v) is 3.97. The molecule has 0 aliphatic heterocycles. The SMILES string of the molecule is CCC=CC[C@@H](C(=O)CCC(F)CCCC)[C@@](O)(C(=O)O)C1CCCC1. The van der Waals surface area contributed by atoms with E-state index in [2.05, 4.69) is 0 Å². The molecule has 1 rings (SSSR count). The highest BCUT2D eigenvalue weighted by Gasteiger charge is 2.53. The molecular weight excluding hydrogens is 335 g/mol. The lowest BCUT2D eigenvalue weighted by atomic mass is 9.71. The van der Waals surface area contributed by atoms with Gasteiger partial charge in [0.25, 0.3) is 0 Å². The van der Waals surface area contributed by atoms with Crippen molar-refractivity contribution in [2.75, 3.05) is 0 Å². The number of rotatable bonds is 13. The molecule has 0 saturated heterocycles. The molecule has 4 nitrogen and oxygen atoms in total. The maximum Gasteiger partial charge on any atom is 0.336 e. The summed E-state index contributed by atoms with van der Waals surface area (Å²) in [6.07, 6.45) is 8.74. The number of aliphatic carboxylic acids is 1. The van der Waals surface area contributed by atoms with Gasteiger partial charge in [0.1, 0.15) is 12.0 Å². The Balaban J connectivity index is 2.91. The van der Waals surface area contributed by atoms with E-state index >= 15 is 0 Å². The third-order valence-electron chi connectivity index (χ3n) is 5.59. The third-order valence-corrected chi connectivity index (χ3v) is 5.59. The molecule has 1 fully saturated rings. The van der Waals surface area contributed by atoms with Gasteiger partial charge < -0.3 is 10.2 Å². The highest BCUT2D eigenvalue weighted by atomic mass is 19.1. The van der Waals surface area contributed by atoms with Crippen molar-refractivity contribution >= 4 is 11.8 Å². The fraction of sp³-hybridized carbons (Fsp3) is 0.810. The zero-order valence-corrected chi connectivity index (χ0v) is 16.3. The first-order valence-electron chi connectivity index (χ1n) is 10.1. The third kappa shape index (κ3) is 6.19. The molecule has 3 atom stereocenters. The maximum atomic E-state index is 13.9. The largest absolute Gasteiger partial charge is 0.479 e. The van der Waals surface area contributed by atoms with Crippen molar-refractivity contribution in [2.24, 2.45) is 11.8 Å². The number of halogens is 1. The number of carboxylic acids is 1. The van der Waals surface area contributed by atoms with Gasteiger partial charge in [-0.15, -0.1) is 0 Å². The van der Waals surface area contributed by atoms with Gasteiger partial charge in [-0.3, -0.25) is 4.79 Å². The minimum absolute atomic E-state index is 0.0160. The van der Waals surface area contributed by atoms with Gasteiger partial charge in [-0.05, 0) is 44.4 Å². The van der Waals surface area contributed by atoms with Gasteiger partial charge in [0.2, 0.25) is 0 Å². The van der Waals surface area contributed by atoms with Crippen molar-refractivity contribution in [3.05, 3.63) is 12.2 Å². The van der Waals surface area contributed by atoms with Crippen LogP contribution in [0.1, 0.15) is 84.5 Å². The number of aliphatic hydroxyl groups is 1. The van der Waals surface area contributed by atoms with Gasteiger partial charge >= 0.3 is 5.97 Å². The summed E-state index contributed by atoms with van der Waals surface area (Å²) in [5.41, 5.74) is -2.05. The number of carbonyl (C=O) groups is 2. The van der Waals surface area contributed by atoms with E-state index in [4.69, 9.17) is 0 Å². The molecule has 5 heteroatoms. The second-order valence-corrected chi connectivity index (χ2v) is 7.52. The Morgan fingerprint density at radius 1 is 1.19 bits per heavy atom. The minimum atomic E-state index is -2.05. The molecule has 1 aliphatic rings. The summed E-state index contributed by atoms with van der Waals surface area (Å²) in [5, 5.41) is 20.8. The first-order chi connectivity index (χ1) is 12.4. The van der Waals surface area contributed by atoms with Crippen LogP contribution in [0.25, 0.3) is 0 Å². The lowest BCUT2D eigenvalue weighted by molar-refractivity contribution is -0.176. The van der Waals surface area contributed by atoms with Gasteiger partial charge in [0, 0.05) is 6.42 Å². The summed E-state index contributed by atoms with van der Waals surface area (Å²) in [6.45, 7) is 3.94. The molecule has 0 amide bonds. The predicted octanol–water partition coefficient (Wildman–Crippen LogP) is 4.84. The highest BCUT2D eigenvalue weighted by Crippen LogP contribution is 2.41. The van der Waals surface area contributed by atoms with Crippen LogP contribution in [0.15, 0.2) is 12.2 Å². The molecule has 26 heavy (non-hydrogen) atoms. The Kier molecular flexibility index (Phi) is 10.1. The summed E-state index contributed by atoms with van der Waals surface area (Å²) in [5.74, 6) is -3.08. The smallest absolute Gasteiger partial charge is 0.336 e. The van der Waals surface area contributed by atoms with E-state index in [1.165, 1.54) is 0 Å². The lowest BCUT2D eigenvalue weighted by Crippen LogP contribution is -2.54. The molecule has 0 aromatic rings. The number of allylic oxidation sites excluding steroid dienone is 2. The normalized spacial score (nSPS) is 20.2. The molecule has 1 saturated carbocycles. The summed E-state index contributed by atoms with van der Waals surface area (Å²) >= 11 is 0. The molecule has 0 bridgehead atoms. The quantitative estimate of drug-likeness (QED) is 0.455. The Labute approximate surface area is 156 Å². The molecule has 2 N–H and O–H groups in total. The number of hydrogen-bond donors (Lipinski definition) is 2.